The van der Waals surface area contributed by atoms with Crippen molar-refractivity contribution in [2.75, 3.05) is 20.3 Å². The van der Waals surface area contributed by atoms with Crippen LogP contribution in [-0.4, -0.2) is 37.5 Å². The molecular formula is C9H18O4. The van der Waals surface area contributed by atoms with E-state index < -0.39 is 6.10 Å². The highest BCUT2D eigenvalue weighted by Crippen LogP contribution is 2.01. The van der Waals surface area contributed by atoms with Crippen molar-refractivity contribution < 1.29 is 19.4 Å². The Labute approximate surface area is 78.8 Å². The minimum Gasteiger partial charge on any atom is -0.463 e. The van der Waals surface area contributed by atoms with Crippen molar-refractivity contribution in [2.24, 2.45) is 5.92 Å². The lowest BCUT2D eigenvalue weighted by atomic mass is 10.1. The van der Waals surface area contributed by atoms with E-state index >= 15 is 0 Å². The summed E-state index contributed by atoms with van der Waals surface area (Å²) in [5.74, 6) is 0.0113. The largest absolute Gasteiger partial charge is 0.463 e. The predicted octanol–water partition coefficient (Wildman–Crippen LogP) is 0.583. The van der Waals surface area contributed by atoms with Gasteiger partial charge in [-0.1, -0.05) is 13.8 Å². The maximum Gasteiger partial charge on any atom is 0.306 e. The van der Waals surface area contributed by atoms with Crippen LogP contribution in [0.2, 0.25) is 0 Å². The van der Waals surface area contributed by atoms with Crippen molar-refractivity contribution in [1.29, 1.82) is 0 Å². The summed E-state index contributed by atoms with van der Waals surface area (Å²) in [5.41, 5.74) is 0. The van der Waals surface area contributed by atoms with E-state index in [2.05, 4.69) is 4.74 Å². The third-order valence-corrected chi connectivity index (χ3v) is 1.37. The zero-order chi connectivity index (χ0) is 10.3. The van der Waals surface area contributed by atoms with Gasteiger partial charge in [-0.25, -0.2) is 0 Å². The normalized spacial score (nSPS) is 13.0. The highest BCUT2D eigenvalue weighted by molar-refractivity contribution is 5.69. The SMILES string of the molecule is COCC(O)COC(=O)CC(C)C. The first-order chi connectivity index (χ1) is 6.06. The lowest BCUT2D eigenvalue weighted by Crippen LogP contribution is -2.23. The van der Waals surface area contributed by atoms with Gasteiger partial charge in [0.25, 0.3) is 0 Å². The molecule has 13 heavy (non-hydrogen) atoms. The van der Waals surface area contributed by atoms with E-state index in [0.717, 1.165) is 0 Å². The molecule has 0 rings (SSSR count). The summed E-state index contributed by atoms with van der Waals surface area (Å²) in [6.45, 7) is 4.08. The fourth-order valence-electron chi connectivity index (χ4n) is 0.822. The Kier molecular flexibility index (Phi) is 6.54. The Morgan fingerprint density at radius 2 is 2.00 bits per heavy atom. The summed E-state index contributed by atoms with van der Waals surface area (Å²) < 4.78 is 9.47. The number of carbonyl (C=O) groups excluding carboxylic acids is 1. The van der Waals surface area contributed by atoms with Gasteiger partial charge < -0.3 is 14.6 Å². The smallest absolute Gasteiger partial charge is 0.306 e. The molecule has 0 aromatic rings. The number of hydrogen-bond donors (Lipinski definition) is 1. The lowest BCUT2D eigenvalue weighted by molar-refractivity contribution is -0.148. The Hall–Kier alpha value is -0.610. The second-order valence-electron chi connectivity index (χ2n) is 3.39. The topological polar surface area (TPSA) is 55.8 Å². The van der Waals surface area contributed by atoms with E-state index in [1.165, 1.54) is 7.11 Å². The molecule has 1 N–H and O–H groups in total. The molecule has 0 aliphatic heterocycles. The van der Waals surface area contributed by atoms with Crippen LogP contribution in [0.5, 0.6) is 0 Å². The van der Waals surface area contributed by atoms with Crippen molar-refractivity contribution >= 4 is 5.97 Å². The minimum absolute atomic E-state index is 0.0133. The molecule has 78 valence electrons. The van der Waals surface area contributed by atoms with Crippen LogP contribution in [0.15, 0.2) is 0 Å². The van der Waals surface area contributed by atoms with Gasteiger partial charge in [0.2, 0.25) is 0 Å². The fourth-order valence-corrected chi connectivity index (χ4v) is 0.822. The highest BCUT2D eigenvalue weighted by Gasteiger charge is 2.09. The van der Waals surface area contributed by atoms with E-state index in [1.54, 1.807) is 0 Å². The van der Waals surface area contributed by atoms with Gasteiger partial charge in [-0.2, -0.15) is 0 Å². The van der Waals surface area contributed by atoms with Crippen LogP contribution in [0.4, 0.5) is 0 Å². The second-order valence-corrected chi connectivity index (χ2v) is 3.39. The number of rotatable bonds is 6. The van der Waals surface area contributed by atoms with Gasteiger partial charge in [0.05, 0.1) is 6.61 Å². The molecule has 4 heteroatoms. The van der Waals surface area contributed by atoms with Gasteiger partial charge in [-0.05, 0) is 5.92 Å². The number of aliphatic hydroxyl groups excluding tert-OH is 1. The predicted molar refractivity (Wildman–Crippen MR) is 48.3 cm³/mol. The van der Waals surface area contributed by atoms with Gasteiger partial charge >= 0.3 is 5.97 Å². The molecule has 0 radical (unpaired) electrons. The molecule has 1 atom stereocenters. The second kappa shape index (κ2) is 6.86. The van der Waals surface area contributed by atoms with Crippen LogP contribution in [-0.2, 0) is 14.3 Å². The van der Waals surface area contributed by atoms with Crippen LogP contribution in [0.1, 0.15) is 20.3 Å². The molecular weight excluding hydrogens is 172 g/mol. The molecule has 0 aliphatic rings. The van der Waals surface area contributed by atoms with Crippen molar-refractivity contribution in [1.82, 2.24) is 0 Å². The third kappa shape index (κ3) is 7.74. The molecule has 0 saturated heterocycles. The summed E-state index contributed by atoms with van der Waals surface area (Å²) in [4.78, 5) is 11.0. The molecule has 0 fully saturated rings. The molecule has 4 nitrogen and oxygen atoms in total. The first-order valence-corrected chi connectivity index (χ1v) is 4.39. The molecule has 1 unspecified atom stereocenters. The maximum absolute atomic E-state index is 11.0. The summed E-state index contributed by atoms with van der Waals surface area (Å²) in [7, 11) is 1.49. The maximum atomic E-state index is 11.0. The van der Waals surface area contributed by atoms with Crippen LogP contribution >= 0.6 is 0 Å². The van der Waals surface area contributed by atoms with Gasteiger partial charge in [-0.15, -0.1) is 0 Å². The highest BCUT2D eigenvalue weighted by atomic mass is 16.5. The van der Waals surface area contributed by atoms with Crippen molar-refractivity contribution in [2.45, 2.75) is 26.4 Å². The first kappa shape index (κ1) is 12.4. The molecule has 0 heterocycles. The van der Waals surface area contributed by atoms with Gasteiger partial charge in [-0.3, -0.25) is 4.79 Å². The zero-order valence-corrected chi connectivity index (χ0v) is 8.45. The molecule has 0 amide bonds. The quantitative estimate of drug-likeness (QED) is 0.622. The van der Waals surface area contributed by atoms with E-state index in [1.807, 2.05) is 13.8 Å². The monoisotopic (exact) mass is 190 g/mol. The Bertz CT molecular complexity index is 145. The van der Waals surface area contributed by atoms with E-state index in [-0.39, 0.29) is 25.1 Å². The summed E-state index contributed by atoms with van der Waals surface area (Å²) in [6, 6.07) is 0. The molecule has 0 saturated carbocycles. The van der Waals surface area contributed by atoms with E-state index in [0.29, 0.717) is 6.42 Å². The standard InChI is InChI=1S/C9H18O4/c1-7(2)4-9(11)13-6-8(10)5-12-3/h7-8,10H,4-6H2,1-3H3. The molecule has 0 aromatic heterocycles. The number of ether oxygens (including phenoxy) is 2. The Morgan fingerprint density at radius 3 is 2.46 bits per heavy atom. The van der Waals surface area contributed by atoms with Crippen LogP contribution in [0.25, 0.3) is 0 Å². The van der Waals surface area contributed by atoms with Crippen molar-refractivity contribution in [3.8, 4) is 0 Å². The summed E-state index contributed by atoms with van der Waals surface area (Å²) in [5, 5.41) is 9.13. The van der Waals surface area contributed by atoms with E-state index in [9.17, 15) is 4.79 Å². The number of esters is 1. The van der Waals surface area contributed by atoms with Crippen molar-refractivity contribution in [3.63, 3.8) is 0 Å². The Balaban J connectivity index is 3.46. The fraction of sp³-hybridized carbons (Fsp3) is 0.889. The lowest BCUT2D eigenvalue weighted by Gasteiger charge is -2.10. The third-order valence-electron chi connectivity index (χ3n) is 1.37. The summed E-state index contributed by atoms with van der Waals surface area (Å²) in [6.07, 6.45) is -0.333. The van der Waals surface area contributed by atoms with E-state index in [4.69, 9.17) is 9.84 Å². The number of hydrogen-bond acceptors (Lipinski definition) is 4. The van der Waals surface area contributed by atoms with Crippen molar-refractivity contribution in [3.05, 3.63) is 0 Å². The van der Waals surface area contributed by atoms with Gasteiger partial charge in [0, 0.05) is 13.5 Å². The average Bonchev–Trinajstić information content (AvgIpc) is 2.00. The van der Waals surface area contributed by atoms with Gasteiger partial charge in [0.15, 0.2) is 0 Å². The first-order valence-electron chi connectivity index (χ1n) is 4.39. The molecule has 0 bridgehead atoms. The molecule has 0 aromatic carbocycles. The number of carbonyl (C=O) groups is 1. The van der Waals surface area contributed by atoms with Crippen LogP contribution in [0.3, 0.4) is 0 Å². The van der Waals surface area contributed by atoms with Crippen LogP contribution < -0.4 is 0 Å². The number of methoxy groups -OCH3 is 1. The van der Waals surface area contributed by atoms with Crippen LogP contribution in [0, 0.1) is 5.92 Å². The number of aliphatic hydroxyl groups is 1. The minimum atomic E-state index is -0.721. The molecule has 0 spiro atoms. The summed E-state index contributed by atoms with van der Waals surface area (Å²) >= 11 is 0. The average molecular weight is 190 g/mol. The molecule has 0 aliphatic carbocycles. The van der Waals surface area contributed by atoms with Gasteiger partial charge in [0.1, 0.15) is 12.7 Å². The Morgan fingerprint density at radius 1 is 1.38 bits per heavy atom. The zero-order valence-electron chi connectivity index (χ0n) is 8.45.